The van der Waals surface area contributed by atoms with Crippen molar-refractivity contribution in [2.45, 2.75) is 38.5 Å². The van der Waals surface area contributed by atoms with Crippen LogP contribution in [0, 0.1) is 6.92 Å². The van der Waals surface area contributed by atoms with Crippen LogP contribution < -0.4 is 5.32 Å². The van der Waals surface area contributed by atoms with Crippen molar-refractivity contribution in [1.82, 2.24) is 14.9 Å². The first-order valence-corrected chi connectivity index (χ1v) is 7.81. The number of hydrogen-bond donors (Lipinski definition) is 2. The van der Waals surface area contributed by atoms with Gasteiger partial charge in [-0.05, 0) is 50.1 Å². The Balaban J connectivity index is 1.82. The maximum absolute atomic E-state index is 14.3. The maximum Gasteiger partial charge on any atom is 0.117 e. The number of allylic oxidation sites excluding steroid dienone is 1. The predicted octanol–water partition coefficient (Wildman–Crippen LogP) is 2.96. The molecular formula is C16H19ClFN3O. The van der Waals surface area contributed by atoms with E-state index in [9.17, 15) is 9.50 Å². The van der Waals surface area contributed by atoms with E-state index < -0.39 is 6.10 Å². The smallest absolute Gasteiger partial charge is 0.117 e. The quantitative estimate of drug-likeness (QED) is 0.913. The van der Waals surface area contributed by atoms with Gasteiger partial charge in [0.05, 0.1) is 36.1 Å². The van der Waals surface area contributed by atoms with Crippen molar-refractivity contribution in [3.8, 4) is 0 Å². The first kappa shape index (κ1) is 15.5. The van der Waals surface area contributed by atoms with Gasteiger partial charge in [0.2, 0.25) is 0 Å². The normalized spacial score (nSPS) is 23.2. The zero-order chi connectivity index (χ0) is 15.7. The van der Waals surface area contributed by atoms with Gasteiger partial charge in [0, 0.05) is 5.02 Å². The molecule has 4 nitrogen and oxygen atoms in total. The lowest BCUT2D eigenvalue weighted by Crippen LogP contribution is -2.43. The Hall–Kier alpha value is -1.43. The van der Waals surface area contributed by atoms with E-state index >= 15 is 0 Å². The molecule has 2 heterocycles. The first-order chi connectivity index (χ1) is 10.6. The molecular weight excluding hydrogens is 305 g/mol. The van der Waals surface area contributed by atoms with Crippen LogP contribution >= 0.6 is 11.6 Å². The lowest BCUT2D eigenvalue weighted by atomic mass is 10.0. The number of aliphatic hydroxyl groups excluding tert-OH is 1. The molecule has 1 aromatic carbocycles. The minimum atomic E-state index is -0.528. The summed E-state index contributed by atoms with van der Waals surface area (Å²) in [5.74, 6) is -0.287. The fourth-order valence-electron chi connectivity index (χ4n) is 2.85. The number of nitrogens with one attached hydrogen (secondary N) is 1. The van der Waals surface area contributed by atoms with Crippen molar-refractivity contribution in [3.05, 3.63) is 40.9 Å². The van der Waals surface area contributed by atoms with Gasteiger partial charge >= 0.3 is 0 Å². The zero-order valence-corrected chi connectivity index (χ0v) is 13.1. The Bertz CT molecular complexity index is 713. The first-order valence-electron chi connectivity index (χ1n) is 7.44. The Morgan fingerprint density at radius 3 is 3.18 bits per heavy atom. The summed E-state index contributed by atoms with van der Waals surface area (Å²) in [6.45, 7) is 2.80. The van der Waals surface area contributed by atoms with Gasteiger partial charge in [-0.2, -0.15) is 0 Å². The Morgan fingerprint density at radius 1 is 1.59 bits per heavy atom. The summed E-state index contributed by atoms with van der Waals surface area (Å²) in [6.07, 6.45) is 4.18. The molecule has 2 aromatic rings. The fraction of sp³-hybridized carbons (Fsp3) is 0.438. The molecule has 3 rings (SSSR count). The molecule has 0 spiro atoms. The highest BCUT2D eigenvalue weighted by Gasteiger charge is 2.21. The van der Waals surface area contributed by atoms with Crippen molar-refractivity contribution in [2.75, 3.05) is 6.54 Å². The highest BCUT2D eigenvalue weighted by Crippen LogP contribution is 2.25. The summed E-state index contributed by atoms with van der Waals surface area (Å²) >= 11 is 6.08. The van der Waals surface area contributed by atoms with E-state index in [1.165, 1.54) is 6.08 Å². The van der Waals surface area contributed by atoms with Crippen LogP contribution in [0.4, 0.5) is 4.39 Å². The largest absolute Gasteiger partial charge is 0.391 e. The van der Waals surface area contributed by atoms with Gasteiger partial charge in [-0.3, -0.25) is 0 Å². The third kappa shape index (κ3) is 3.02. The number of hydrogen-bond acceptors (Lipinski definition) is 3. The molecule has 1 aliphatic heterocycles. The van der Waals surface area contributed by atoms with E-state index in [2.05, 4.69) is 10.3 Å². The van der Waals surface area contributed by atoms with Crippen molar-refractivity contribution in [1.29, 1.82) is 0 Å². The molecule has 0 aliphatic carbocycles. The minimum Gasteiger partial charge on any atom is -0.391 e. The van der Waals surface area contributed by atoms with Gasteiger partial charge in [-0.1, -0.05) is 11.6 Å². The Labute approximate surface area is 133 Å². The second kappa shape index (κ2) is 6.36. The van der Waals surface area contributed by atoms with Gasteiger partial charge in [0.25, 0.3) is 0 Å². The van der Waals surface area contributed by atoms with E-state index in [4.69, 9.17) is 11.6 Å². The van der Waals surface area contributed by atoms with Gasteiger partial charge in [0.15, 0.2) is 0 Å². The van der Waals surface area contributed by atoms with Crippen LogP contribution in [-0.2, 0) is 6.54 Å². The Morgan fingerprint density at radius 2 is 2.41 bits per heavy atom. The van der Waals surface area contributed by atoms with Crippen LogP contribution in [0.2, 0.25) is 5.02 Å². The third-order valence-electron chi connectivity index (χ3n) is 4.13. The second-order valence-corrected chi connectivity index (χ2v) is 6.12. The number of nitrogens with zero attached hydrogens (tertiary/aromatic N) is 2. The van der Waals surface area contributed by atoms with Crippen LogP contribution in [0.3, 0.4) is 0 Å². The van der Waals surface area contributed by atoms with Crippen molar-refractivity contribution in [2.24, 2.45) is 0 Å². The molecule has 118 valence electrons. The van der Waals surface area contributed by atoms with Crippen LogP contribution in [0.5, 0.6) is 0 Å². The van der Waals surface area contributed by atoms with Crippen molar-refractivity contribution in [3.63, 3.8) is 0 Å². The summed E-state index contributed by atoms with van der Waals surface area (Å²) in [6, 6.07) is 3.32. The van der Waals surface area contributed by atoms with Gasteiger partial charge in [0.1, 0.15) is 5.83 Å². The molecule has 0 amide bonds. The van der Waals surface area contributed by atoms with Gasteiger partial charge < -0.3 is 15.0 Å². The fourth-order valence-corrected chi connectivity index (χ4v) is 3.00. The average Bonchev–Trinajstić information content (AvgIpc) is 2.89. The number of aryl methyl sites for hydroxylation is 1. The van der Waals surface area contributed by atoms with Crippen LogP contribution in [0.1, 0.15) is 18.4 Å². The molecule has 0 bridgehead atoms. The molecule has 0 unspecified atom stereocenters. The van der Waals surface area contributed by atoms with Crippen LogP contribution in [-0.4, -0.2) is 33.3 Å². The molecule has 2 N–H and O–H groups in total. The molecule has 1 fully saturated rings. The number of fused-ring (bicyclic) bond motifs is 1. The zero-order valence-electron chi connectivity index (χ0n) is 12.4. The lowest BCUT2D eigenvalue weighted by Gasteiger charge is -2.26. The van der Waals surface area contributed by atoms with Crippen LogP contribution in [0.25, 0.3) is 11.0 Å². The summed E-state index contributed by atoms with van der Waals surface area (Å²) < 4.78 is 16.0. The molecule has 22 heavy (non-hydrogen) atoms. The third-order valence-corrected chi connectivity index (χ3v) is 4.54. The van der Waals surface area contributed by atoms with Crippen LogP contribution in [0.15, 0.2) is 30.4 Å². The summed E-state index contributed by atoms with van der Waals surface area (Å²) in [5.41, 5.74) is 2.53. The average molecular weight is 324 g/mol. The number of benzene rings is 1. The van der Waals surface area contributed by atoms with Crippen molar-refractivity contribution < 1.29 is 9.50 Å². The standard InChI is InChI=1S/C16H19ClFN3O/c1-10-12(17)4-5-14-16(10)20-9-21(14)8-11(18)7-13-15(22)3-2-6-19-13/h4-5,7,9,13,15,19,22H,2-3,6,8H2,1H3/b11-7-/t13-,15+/m1/s1. The highest BCUT2D eigenvalue weighted by atomic mass is 35.5. The number of aliphatic hydroxyl groups is 1. The monoisotopic (exact) mass is 323 g/mol. The van der Waals surface area contributed by atoms with Gasteiger partial charge in [-0.25, -0.2) is 9.37 Å². The topological polar surface area (TPSA) is 50.1 Å². The maximum atomic E-state index is 14.3. The molecule has 6 heteroatoms. The SMILES string of the molecule is Cc1c(Cl)ccc2c1ncn2C/C(F)=C/[C@H]1NCCC[C@@H]1O. The summed E-state index contributed by atoms with van der Waals surface area (Å²) in [7, 11) is 0. The molecule has 2 atom stereocenters. The van der Waals surface area contributed by atoms with E-state index in [-0.39, 0.29) is 18.4 Å². The molecule has 1 aliphatic rings. The lowest BCUT2D eigenvalue weighted by molar-refractivity contribution is 0.114. The minimum absolute atomic E-state index is 0.0997. The Kier molecular flexibility index (Phi) is 4.47. The number of piperidine rings is 1. The van der Waals surface area contributed by atoms with E-state index in [0.29, 0.717) is 11.4 Å². The summed E-state index contributed by atoms with van der Waals surface area (Å²) in [4.78, 5) is 4.31. The van der Waals surface area contributed by atoms with E-state index in [1.54, 1.807) is 17.0 Å². The number of imidazole rings is 1. The second-order valence-electron chi connectivity index (χ2n) is 5.72. The number of halogens is 2. The summed E-state index contributed by atoms with van der Waals surface area (Å²) in [5, 5.41) is 13.7. The molecule has 0 radical (unpaired) electrons. The number of aromatic nitrogens is 2. The molecule has 0 saturated carbocycles. The van der Waals surface area contributed by atoms with E-state index in [0.717, 1.165) is 29.6 Å². The van der Waals surface area contributed by atoms with Crippen molar-refractivity contribution >= 4 is 22.6 Å². The predicted molar refractivity (Wildman–Crippen MR) is 85.7 cm³/mol. The molecule has 1 saturated heterocycles. The van der Waals surface area contributed by atoms with Gasteiger partial charge in [-0.15, -0.1) is 0 Å². The number of rotatable bonds is 3. The highest BCUT2D eigenvalue weighted by molar-refractivity contribution is 6.32. The molecule has 1 aromatic heterocycles. The van der Waals surface area contributed by atoms with E-state index in [1.807, 2.05) is 13.0 Å².